The van der Waals surface area contributed by atoms with Crippen LogP contribution in [0.2, 0.25) is 0 Å². The molecular formula is C43H31NS. The minimum absolute atomic E-state index is 0.0211. The minimum Gasteiger partial charge on any atom is -0.310 e. The summed E-state index contributed by atoms with van der Waals surface area (Å²) >= 11 is 1.87. The summed E-state index contributed by atoms with van der Waals surface area (Å²) in [5.74, 6) is 0. The fourth-order valence-electron chi connectivity index (χ4n) is 7.32. The van der Waals surface area contributed by atoms with E-state index in [-0.39, 0.29) is 5.41 Å². The SMILES string of the molecule is CC1(C)c2ccccc2-c2cc(N(c3ccc(-c4ccc5ccccc5c4)cc3)c3ccc4c(c3)sc3ccccc34)ccc21. The van der Waals surface area contributed by atoms with E-state index in [2.05, 4.69) is 170 Å². The lowest BCUT2D eigenvalue weighted by molar-refractivity contribution is 0.660. The molecule has 9 rings (SSSR count). The van der Waals surface area contributed by atoms with Crippen LogP contribution < -0.4 is 4.90 Å². The molecule has 0 saturated heterocycles. The number of hydrogen-bond acceptors (Lipinski definition) is 2. The molecule has 0 N–H and O–H groups in total. The van der Waals surface area contributed by atoms with Crippen LogP contribution in [0, 0.1) is 0 Å². The van der Waals surface area contributed by atoms with Crippen molar-refractivity contribution in [2.75, 3.05) is 4.90 Å². The maximum Gasteiger partial charge on any atom is 0.0476 e. The van der Waals surface area contributed by atoms with Crippen molar-refractivity contribution < 1.29 is 0 Å². The molecule has 0 aliphatic heterocycles. The topological polar surface area (TPSA) is 3.24 Å². The van der Waals surface area contributed by atoms with Crippen LogP contribution in [-0.2, 0) is 5.41 Å². The van der Waals surface area contributed by atoms with Crippen LogP contribution in [0.1, 0.15) is 25.0 Å². The number of nitrogens with zero attached hydrogens (tertiary/aromatic N) is 1. The second-order valence-electron chi connectivity index (χ2n) is 12.6. The summed E-state index contributed by atoms with van der Waals surface area (Å²) in [4.78, 5) is 2.42. The molecule has 0 radical (unpaired) electrons. The highest BCUT2D eigenvalue weighted by Gasteiger charge is 2.35. The second-order valence-corrected chi connectivity index (χ2v) is 13.7. The number of hydrogen-bond donors (Lipinski definition) is 0. The van der Waals surface area contributed by atoms with E-state index in [1.165, 1.54) is 70.0 Å². The Kier molecular flexibility index (Phi) is 5.78. The van der Waals surface area contributed by atoms with E-state index in [4.69, 9.17) is 0 Å². The highest BCUT2D eigenvalue weighted by Crippen LogP contribution is 2.51. The van der Waals surface area contributed by atoms with Gasteiger partial charge in [0.1, 0.15) is 0 Å². The molecule has 0 fully saturated rings. The van der Waals surface area contributed by atoms with Gasteiger partial charge in [0.25, 0.3) is 0 Å². The van der Waals surface area contributed by atoms with Crippen LogP contribution >= 0.6 is 11.3 Å². The maximum absolute atomic E-state index is 2.42. The van der Waals surface area contributed by atoms with Crippen molar-refractivity contribution in [3.05, 3.63) is 163 Å². The number of fused-ring (bicyclic) bond motifs is 7. The lowest BCUT2D eigenvalue weighted by Crippen LogP contribution is -2.15. The van der Waals surface area contributed by atoms with Gasteiger partial charge in [-0.15, -0.1) is 11.3 Å². The van der Waals surface area contributed by atoms with E-state index in [0.717, 1.165) is 11.4 Å². The first-order chi connectivity index (χ1) is 22.0. The van der Waals surface area contributed by atoms with Gasteiger partial charge in [0.05, 0.1) is 0 Å². The third kappa shape index (κ3) is 4.13. The molecule has 0 spiro atoms. The largest absolute Gasteiger partial charge is 0.310 e. The molecule has 2 heteroatoms. The molecule has 1 aliphatic rings. The molecule has 1 nitrogen and oxygen atoms in total. The Balaban J connectivity index is 1.20. The zero-order valence-electron chi connectivity index (χ0n) is 25.3. The molecule has 0 saturated carbocycles. The zero-order chi connectivity index (χ0) is 30.1. The van der Waals surface area contributed by atoms with Crippen LogP contribution in [-0.4, -0.2) is 0 Å². The third-order valence-corrected chi connectivity index (χ3v) is 10.8. The Labute approximate surface area is 267 Å². The minimum atomic E-state index is -0.0211. The van der Waals surface area contributed by atoms with Gasteiger partial charge in [0, 0.05) is 42.6 Å². The van der Waals surface area contributed by atoms with Crippen molar-refractivity contribution in [1.29, 1.82) is 0 Å². The number of benzene rings is 7. The van der Waals surface area contributed by atoms with E-state index < -0.39 is 0 Å². The third-order valence-electron chi connectivity index (χ3n) is 9.65. The summed E-state index contributed by atoms with van der Waals surface area (Å²) < 4.78 is 2.63. The Morgan fingerprint density at radius 3 is 1.98 bits per heavy atom. The van der Waals surface area contributed by atoms with Gasteiger partial charge in [-0.1, -0.05) is 117 Å². The number of thiophene rings is 1. The molecular weight excluding hydrogens is 563 g/mol. The summed E-state index contributed by atoms with van der Waals surface area (Å²) in [7, 11) is 0. The Bertz CT molecular complexity index is 2410. The Morgan fingerprint density at radius 2 is 1.09 bits per heavy atom. The zero-order valence-corrected chi connectivity index (χ0v) is 26.1. The molecule has 0 bridgehead atoms. The molecule has 0 atom stereocenters. The fraction of sp³-hybridized carbons (Fsp3) is 0.0698. The first kappa shape index (κ1) is 26.2. The van der Waals surface area contributed by atoms with Crippen molar-refractivity contribution >= 4 is 59.3 Å². The van der Waals surface area contributed by atoms with Gasteiger partial charge in [0.2, 0.25) is 0 Å². The average molecular weight is 594 g/mol. The van der Waals surface area contributed by atoms with Gasteiger partial charge < -0.3 is 4.90 Å². The van der Waals surface area contributed by atoms with E-state index in [9.17, 15) is 0 Å². The standard InChI is InChI=1S/C43H31NS/c1-43(2)39-13-7-5-11-35(39)38-26-33(22-24-40(38)43)44(34-21-23-37-36-12-6-8-14-41(36)45-42(37)27-34)32-19-17-29(18-20-32)31-16-15-28-9-3-4-10-30(28)25-31/h3-27H,1-2H3. The first-order valence-corrected chi connectivity index (χ1v) is 16.4. The van der Waals surface area contributed by atoms with Crippen LogP contribution in [0.5, 0.6) is 0 Å². The number of anilines is 3. The Hall–Kier alpha value is -5.18. The van der Waals surface area contributed by atoms with Crippen molar-refractivity contribution in [1.82, 2.24) is 0 Å². The predicted octanol–water partition coefficient (Wildman–Crippen LogP) is 12.7. The quantitative estimate of drug-likeness (QED) is 0.196. The maximum atomic E-state index is 2.42. The molecule has 1 aromatic heterocycles. The number of rotatable bonds is 4. The highest BCUT2D eigenvalue weighted by molar-refractivity contribution is 7.25. The van der Waals surface area contributed by atoms with Gasteiger partial charge >= 0.3 is 0 Å². The van der Waals surface area contributed by atoms with Crippen LogP contribution in [0.3, 0.4) is 0 Å². The van der Waals surface area contributed by atoms with E-state index in [1.807, 2.05) is 11.3 Å². The summed E-state index contributed by atoms with van der Waals surface area (Å²) in [6.45, 7) is 4.69. The second kappa shape index (κ2) is 9.92. The lowest BCUT2D eigenvalue weighted by atomic mass is 9.82. The van der Waals surface area contributed by atoms with Crippen LogP contribution in [0.15, 0.2) is 152 Å². The van der Waals surface area contributed by atoms with Gasteiger partial charge in [-0.2, -0.15) is 0 Å². The lowest BCUT2D eigenvalue weighted by Gasteiger charge is -2.27. The summed E-state index contributed by atoms with van der Waals surface area (Å²) in [5.41, 5.74) is 11.4. The van der Waals surface area contributed by atoms with E-state index in [0.29, 0.717) is 0 Å². The summed E-state index contributed by atoms with van der Waals surface area (Å²) in [6.07, 6.45) is 0. The van der Waals surface area contributed by atoms with Crippen LogP contribution in [0.4, 0.5) is 17.1 Å². The van der Waals surface area contributed by atoms with E-state index in [1.54, 1.807) is 0 Å². The van der Waals surface area contributed by atoms with Crippen molar-refractivity contribution in [3.63, 3.8) is 0 Å². The van der Waals surface area contributed by atoms with Crippen LogP contribution in [0.25, 0.3) is 53.2 Å². The van der Waals surface area contributed by atoms with Gasteiger partial charge in [-0.05, 0) is 92.7 Å². The summed E-state index contributed by atoms with van der Waals surface area (Å²) in [6, 6.07) is 56.0. The monoisotopic (exact) mass is 593 g/mol. The smallest absolute Gasteiger partial charge is 0.0476 e. The normalized spacial score (nSPS) is 13.3. The Morgan fingerprint density at radius 1 is 0.444 bits per heavy atom. The van der Waals surface area contributed by atoms with Gasteiger partial charge in [-0.25, -0.2) is 0 Å². The van der Waals surface area contributed by atoms with Gasteiger partial charge in [0.15, 0.2) is 0 Å². The molecule has 1 aliphatic carbocycles. The first-order valence-electron chi connectivity index (χ1n) is 15.6. The van der Waals surface area contributed by atoms with Gasteiger partial charge in [-0.3, -0.25) is 0 Å². The van der Waals surface area contributed by atoms with E-state index >= 15 is 0 Å². The average Bonchev–Trinajstić information content (AvgIpc) is 3.56. The molecule has 1 heterocycles. The molecule has 8 aromatic rings. The molecule has 0 amide bonds. The van der Waals surface area contributed by atoms with Crippen molar-refractivity contribution in [2.45, 2.75) is 19.3 Å². The molecule has 214 valence electrons. The van der Waals surface area contributed by atoms with Crippen molar-refractivity contribution in [3.8, 4) is 22.3 Å². The molecule has 0 unspecified atom stereocenters. The fourth-order valence-corrected chi connectivity index (χ4v) is 8.46. The summed E-state index contributed by atoms with van der Waals surface area (Å²) in [5, 5.41) is 5.17. The highest BCUT2D eigenvalue weighted by atomic mass is 32.1. The van der Waals surface area contributed by atoms with Crippen molar-refractivity contribution in [2.24, 2.45) is 0 Å². The predicted molar refractivity (Wildman–Crippen MR) is 195 cm³/mol. The molecule has 7 aromatic carbocycles. The molecule has 45 heavy (non-hydrogen) atoms.